The van der Waals surface area contributed by atoms with Crippen LogP contribution in [-0.2, 0) is 11.8 Å². The number of carboxylic acid groups (broad SMARTS) is 1. The summed E-state index contributed by atoms with van der Waals surface area (Å²) in [6.45, 7) is 3.68. The second kappa shape index (κ2) is 5.47. The van der Waals surface area contributed by atoms with Crippen LogP contribution < -0.4 is 5.32 Å². The zero-order valence-corrected chi connectivity index (χ0v) is 10.2. The number of carbonyl (C=O) groups is 2. The van der Waals surface area contributed by atoms with E-state index in [2.05, 4.69) is 10.4 Å². The van der Waals surface area contributed by atoms with Crippen molar-refractivity contribution < 1.29 is 14.7 Å². The number of aryl methyl sites for hydroxylation is 1. The van der Waals surface area contributed by atoms with Gasteiger partial charge in [-0.05, 0) is 12.0 Å². The van der Waals surface area contributed by atoms with Gasteiger partial charge in [0.1, 0.15) is 11.7 Å². The lowest BCUT2D eigenvalue weighted by atomic mass is 9.99. The molecule has 1 aromatic rings. The van der Waals surface area contributed by atoms with Crippen molar-refractivity contribution in [3.05, 3.63) is 18.0 Å². The molecule has 0 aliphatic rings. The molecule has 1 unspecified atom stereocenters. The van der Waals surface area contributed by atoms with Crippen molar-refractivity contribution in [2.75, 3.05) is 0 Å². The Morgan fingerprint density at radius 3 is 2.65 bits per heavy atom. The Morgan fingerprint density at radius 2 is 2.24 bits per heavy atom. The molecular weight excluding hydrogens is 222 g/mol. The first-order chi connectivity index (χ1) is 7.97. The van der Waals surface area contributed by atoms with Gasteiger partial charge in [-0.3, -0.25) is 9.48 Å². The van der Waals surface area contributed by atoms with Crippen LogP contribution in [0.25, 0.3) is 0 Å². The van der Waals surface area contributed by atoms with E-state index in [0.29, 0.717) is 12.1 Å². The number of amides is 1. The van der Waals surface area contributed by atoms with Gasteiger partial charge in [0.05, 0.1) is 0 Å². The van der Waals surface area contributed by atoms with Crippen LogP contribution in [0.5, 0.6) is 0 Å². The number of carboxylic acids is 1. The van der Waals surface area contributed by atoms with Crippen molar-refractivity contribution in [3.63, 3.8) is 0 Å². The van der Waals surface area contributed by atoms with Crippen molar-refractivity contribution in [2.45, 2.75) is 26.3 Å². The first-order valence-corrected chi connectivity index (χ1v) is 5.49. The van der Waals surface area contributed by atoms with Crippen LogP contribution in [-0.4, -0.2) is 32.8 Å². The van der Waals surface area contributed by atoms with Gasteiger partial charge in [0.15, 0.2) is 0 Å². The molecule has 0 aliphatic carbocycles. The van der Waals surface area contributed by atoms with E-state index in [9.17, 15) is 9.59 Å². The molecule has 0 saturated heterocycles. The van der Waals surface area contributed by atoms with Gasteiger partial charge in [0.25, 0.3) is 5.91 Å². The molecule has 6 nitrogen and oxygen atoms in total. The van der Waals surface area contributed by atoms with Gasteiger partial charge in [-0.25, -0.2) is 4.79 Å². The largest absolute Gasteiger partial charge is 0.480 e. The Hall–Kier alpha value is -1.85. The minimum absolute atomic E-state index is 0.121. The van der Waals surface area contributed by atoms with E-state index >= 15 is 0 Å². The number of rotatable bonds is 5. The molecule has 2 N–H and O–H groups in total. The third kappa shape index (κ3) is 3.05. The fourth-order valence-corrected chi connectivity index (χ4v) is 1.49. The molecule has 0 spiro atoms. The number of hydrogen-bond acceptors (Lipinski definition) is 3. The predicted octanol–water partition coefficient (Wildman–Crippen LogP) is 0.649. The Labute approximate surface area is 99.6 Å². The lowest BCUT2D eigenvalue weighted by Gasteiger charge is -2.19. The Morgan fingerprint density at radius 1 is 1.59 bits per heavy atom. The summed E-state index contributed by atoms with van der Waals surface area (Å²) in [5.74, 6) is -1.56. The van der Waals surface area contributed by atoms with Crippen molar-refractivity contribution in [2.24, 2.45) is 13.0 Å². The molecule has 0 radical (unpaired) electrons. The second-order valence-corrected chi connectivity index (χ2v) is 4.01. The lowest BCUT2D eigenvalue weighted by Crippen LogP contribution is -2.45. The van der Waals surface area contributed by atoms with Crippen LogP contribution in [0, 0.1) is 5.92 Å². The molecule has 6 heteroatoms. The standard InChI is InChI=1S/C11H17N3O3/c1-4-7(2)9(11(16)17)13-10(15)8-5-6-12-14(8)3/h5-7,9H,4H2,1-3H3,(H,13,15)(H,16,17)/t7?,9-/m0/s1. The summed E-state index contributed by atoms with van der Waals surface area (Å²) in [5.41, 5.74) is 0.347. The van der Waals surface area contributed by atoms with Crippen molar-refractivity contribution in [3.8, 4) is 0 Å². The van der Waals surface area contributed by atoms with Gasteiger partial charge in [0.2, 0.25) is 0 Å². The van der Waals surface area contributed by atoms with Gasteiger partial charge in [-0.15, -0.1) is 0 Å². The predicted molar refractivity (Wildman–Crippen MR) is 61.6 cm³/mol. The maximum Gasteiger partial charge on any atom is 0.326 e. The molecule has 1 heterocycles. The second-order valence-electron chi connectivity index (χ2n) is 4.01. The fraction of sp³-hybridized carbons (Fsp3) is 0.545. The Balaban J connectivity index is 2.78. The van der Waals surface area contributed by atoms with Gasteiger partial charge in [0, 0.05) is 13.2 Å². The smallest absolute Gasteiger partial charge is 0.326 e. The molecule has 0 aliphatic heterocycles. The van der Waals surface area contributed by atoms with Gasteiger partial charge >= 0.3 is 5.97 Å². The quantitative estimate of drug-likeness (QED) is 0.790. The summed E-state index contributed by atoms with van der Waals surface area (Å²) in [4.78, 5) is 22.9. The van der Waals surface area contributed by atoms with Crippen LogP contribution in [0.1, 0.15) is 30.8 Å². The maximum absolute atomic E-state index is 11.8. The average Bonchev–Trinajstić information content (AvgIpc) is 2.70. The summed E-state index contributed by atoms with van der Waals surface area (Å²) >= 11 is 0. The molecule has 0 saturated carbocycles. The number of nitrogens with one attached hydrogen (secondary N) is 1. The van der Waals surface area contributed by atoms with Gasteiger partial charge < -0.3 is 10.4 Å². The fourth-order valence-electron chi connectivity index (χ4n) is 1.49. The summed E-state index contributed by atoms with van der Waals surface area (Å²) < 4.78 is 1.41. The van der Waals surface area contributed by atoms with Crippen molar-refractivity contribution in [1.29, 1.82) is 0 Å². The molecule has 0 aromatic carbocycles. The highest BCUT2D eigenvalue weighted by molar-refractivity contribution is 5.95. The third-order valence-electron chi connectivity index (χ3n) is 2.82. The lowest BCUT2D eigenvalue weighted by molar-refractivity contribution is -0.140. The normalized spacial score (nSPS) is 14.1. The van der Waals surface area contributed by atoms with E-state index in [-0.39, 0.29) is 5.92 Å². The highest BCUT2D eigenvalue weighted by Gasteiger charge is 2.26. The summed E-state index contributed by atoms with van der Waals surface area (Å²) in [7, 11) is 1.63. The Kier molecular flexibility index (Phi) is 4.25. The molecule has 0 fully saturated rings. The topological polar surface area (TPSA) is 84.2 Å². The zero-order chi connectivity index (χ0) is 13.0. The molecular formula is C11H17N3O3. The van der Waals surface area contributed by atoms with Crippen LogP contribution in [0.3, 0.4) is 0 Å². The summed E-state index contributed by atoms with van der Waals surface area (Å²) in [5, 5.41) is 15.4. The minimum Gasteiger partial charge on any atom is -0.480 e. The molecule has 1 rings (SSSR count). The number of nitrogens with zero attached hydrogens (tertiary/aromatic N) is 2. The van der Waals surface area contributed by atoms with Crippen molar-refractivity contribution in [1.82, 2.24) is 15.1 Å². The van der Waals surface area contributed by atoms with E-state index < -0.39 is 17.9 Å². The SMILES string of the molecule is CCC(C)[C@H](NC(=O)c1ccnn1C)C(=O)O. The van der Waals surface area contributed by atoms with Gasteiger partial charge in [-0.1, -0.05) is 20.3 Å². The molecule has 1 amide bonds. The maximum atomic E-state index is 11.8. The molecule has 17 heavy (non-hydrogen) atoms. The number of aromatic nitrogens is 2. The molecule has 2 atom stereocenters. The van der Waals surface area contributed by atoms with E-state index in [1.54, 1.807) is 20.0 Å². The first kappa shape index (κ1) is 13.2. The van der Waals surface area contributed by atoms with Crippen molar-refractivity contribution >= 4 is 11.9 Å². The van der Waals surface area contributed by atoms with E-state index in [1.807, 2.05) is 6.92 Å². The average molecular weight is 239 g/mol. The first-order valence-electron chi connectivity index (χ1n) is 5.49. The highest BCUT2D eigenvalue weighted by atomic mass is 16.4. The van der Waals surface area contributed by atoms with Crippen LogP contribution in [0.2, 0.25) is 0 Å². The summed E-state index contributed by atoms with van der Waals surface area (Å²) in [6, 6.07) is 0.674. The van der Waals surface area contributed by atoms with Crippen LogP contribution >= 0.6 is 0 Å². The Bertz CT molecular complexity index is 414. The summed E-state index contributed by atoms with van der Waals surface area (Å²) in [6.07, 6.45) is 2.18. The van der Waals surface area contributed by atoms with Crippen LogP contribution in [0.4, 0.5) is 0 Å². The number of hydrogen-bond donors (Lipinski definition) is 2. The molecule has 0 bridgehead atoms. The molecule has 94 valence electrons. The minimum atomic E-state index is -1.02. The van der Waals surface area contributed by atoms with Gasteiger partial charge in [-0.2, -0.15) is 5.10 Å². The van der Waals surface area contributed by atoms with E-state index in [0.717, 1.165) is 0 Å². The monoisotopic (exact) mass is 239 g/mol. The van der Waals surface area contributed by atoms with E-state index in [1.165, 1.54) is 10.9 Å². The number of carbonyl (C=O) groups excluding carboxylic acids is 1. The highest BCUT2D eigenvalue weighted by Crippen LogP contribution is 2.09. The molecule has 1 aromatic heterocycles. The third-order valence-corrected chi connectivity index (χ3v) is 2.82. The van der Waals surface area contributed by atoms with E-state index in [4.69, 9.17) is 5.11 Å². The number of aliphatic carboxylic acids is 1. The zero-order valence-electron chi connectivity index (χ0n) is 10.2. The van der Waals surface area contributed by atoms with Crippen LogP contribution in [0.15, 0.2) is 12.3 Å².